The Morgan fingerprint density at radius 2 is 2.22 bits per heavy atom. The Hall–Kier alpha value is -0.900. The molecule has 0 aliphatic heterocycles. The maximum absolute atomic E-state index is 12.1. The normalized spacial score (nSPS) is 12.0. The minimum atomic E-state index is -3.77. The lowest BCUT2D eigenvalue weighted by Gasteiger charge is -2.15. The second-order valence-corrected chi connectivity index (χ2v) is 6.22. The summed E-state index contributed by atoms with van der Waals surface area (Å²) >= 11 is 2.91. The zero-order valence-electron chi connectivity index (χ0n) is 9.81. The largest absolute Gasteiger partial charge is 0.475 e. The summed E-state index contributed by atoms with van der Waals surface area (Å²) in [7, 11) is -0.651. The molecule has 0 atom stereocenters. The Labute approximate surface area is 113 Å². The molecule has 0 spiro atoms. The molecule has 1 rings (SSSR count). The van der Waals surface area contributed by atoms with Crippen molar-refractivity contribution in [1.82, 2.24) is 9.62 Å². The summed E-state index contributed by atoms with van der Waals surface area (Å²) in [6.45, 7) is 0.746. The van der Waals surface area contributed by atoms with Gasteiger partial charge in [0, 0.05) is 26.2 Å². The first-order chi connectivity index (χ1) is 8.30. The van der Waals surface area contributed by atoms with E-state index in [4.69, 9.17) is 9.52 Å². The van der Waals surface area contributed by atoms with E-state index in [2.05, 4.69) is 21.2 Å². The molecule has 0 aliphatic rings. The predicted octanol–water partition coefficient (Wildman–Crippen LogP) is 0.580. The van der Waals surface area contributed by atoms with Crippen LogP contribution in [0.15, 0.2) is 20.0 Å². The van der Waals surface area contributed by atoms with E-state index in [0.717, 1.165) is 10.4 Å². The van der Waals surface area contributed by atoms with Gasteiger partial charge in [0.15, 0.2) is 4.67 Å². The molecular formula is C9H13BrN2O5S. The van der Waals surface area contributed by atoms with Crippen LogP contribution < -0.4 is 5.32 Å². The number of rotatable bonds is 6. The van der Waals surface area contributed by atoms with E-state index in [9.17, 15) is 13.2 Å². The number of carbonyl (C=O) groups is 1. The third-order valence-corrected chi connectivity index (χ3v) is 4.94. The molecule has 1 aromatic rings. The smallest absolute Gasteiger partial charge is 0.371 e. The third-order valence-electron chi connectivity index (χ3n) is 2.23. The van der Waals surface area contributed by atoms with Gasteiger partial charge >= 0.3 is 5.97 Å². The van der Waals surface area contributed by atoms with Crippen molar-refractivity contribution in [3.05, 3.63) is 16.5 Å². The van der Waals surface area contributed by atoms with Gasteiger partial charge in [-0.25, -0.2) is 13.2 Å². The van der Waals surface area contributed by atoms with E-state index in [0.29, 0.717) is 6.54 Å². The van der Waals surface area contributed by atoms with E-state index < -0.39 is 21.8 Å². The number of hydrogen-bond donors (Lipinski definition) is 2. The van der Waals surface area contributed by atoms with Gasteiger partial charge in [0.05, 0.1) is 0 Å². The molecule has 9 heteroatoms. The number of likely N-dealkylation sites (N-methyl/N-ethyl adjacent to an activating group) is 2. The summed E-state index contributed by atoms with van der Waals surface area (Å²) in [5.74, 6) is -1.75. The Morgan fingerprint density at radius 3 is 2.67 bits per heavy atom. The lowest BCUT2D eigenvalue weighted by Crippen LogP contribution is -2.32. The average Bonchev–Trinajstić information content (AvgIpc) is 2.68. The van der Waals surface area contributed by atoms with Crippen LogP contribution in [0.5, 0.6) is 0 Å². The number of nitrogens with zero attached hydrogens (tertiary/aromatic N) is 1. The average molecular weight is 341 g/mol. The van der Waals surface area contributed by atoms with Crippen LogP contribution in [-0.4, -0.2) is 51.0 Å². The van der Waals surface area contributed by atoms with Crippen molar-refractivity contribution >= 4 is 31.9 Å². The first-order valence-corrected chi connectivity index (χ1v) is 7.17. The second kappa shape index (κ2) is 5.83. The molecule has 0 bridgehead atoms. The lowest BCUT2D eigenvalue weighted by molar-refractivity contribution is 0.0661. The van der Waals surface area contributed by atoms with Crippen LogP contribution in [0.4, 0.5) is 0 Å². The first-order valence-electron chi connectivity index (χ1n) is 4.94. The number of nitrogens with one attached hydrogen (secondary N) is 1. The topological polar surface area (TPSA) is 99.9 Å². The van der Waals surface area contributed by atoms with Crippen LogP contribution in [0.3, 0.4) is 0 Å². The SMILES string of the molecule is CNCCN(C)S(=O)(=O)c1cc(C(=O)O)oc1Br. The van der Waals surface area contributed by atoms with Crippen molar-refractivity contribution in [3.8, 4) is 0 Å². The molecule has 0 unspecified atom stereocenters. The quantitative estimate of drug-likeness (QED) is 0.785. The van der Waals surface area contributed by atoms with Gasteiger partial charge in [-0.2, -0.15) is 4.31 Å². The van der Waals surface area contributed by atoms with Crippen molar-refractivity contribution in [2.45, 2.75) is 4.90 Å². The Morgan fingerprint density at radius 1 is 1.61 bits per heavy atom. The number of sulfonamides is 1. The summed E-state index contributed by atoms with van der Waals surface area (Å²) < 4.78 is 30.0. The van der Waals surface area contributed by atoms with Crippen LogP contribution in [0.2, 0.25) is 0 Å². The highest BCUT2D eigenvalue weighted by molar-refractivity contribution is 9.10. The fraction of sp³-hybridized carbons (Fsp3) is 0.444. The summed E-state index contributed by atoms with van der Waals surface area (Å²) in [6.07, 6.45) is 0. The van der Waals surface area contributed by atoms with Crippen LogP contribution in [0.1, 0.15) is 10.6 Å². The summed E-state index contributed by atoms with van der Waals surface area (Å²) in [6, 6.07) is 0.984. The molecule has 0 radical (unpaired) electrons. The Bertz CT molecular complexity index is 539. The van der Waals surface area contributed by atoms with Gasteiger partial charge in [-0.05, 0) is 23.0 Å². The second-order valence-electron chi connectivity index (χ2n) is 3.48. The predicted molar refractivity (Wildman–Crippen MR) is 67.1 cm³/mol. The van der Waals surface area contributed by atoms with E-state index in [-0.39, 0.29) is 16.1 Å². The van der Waals surface area contributed by atoms with Gasteiger partial charge in [0.2, 0.25) is 15.8 Å². The number of aromatic carboxylic acids is 1. The number of carboxylic acid groups (broad SMARTS) is 1. The van der Waals surface area contributed by atoms with Crippen molar-refractivity contribution in [2.24, 2.45) is 0 Å². The molecule has 0 fully saturated rings. The van der Waals surface area contributed by atoms with Crippen LogP contribution in [-0.2, 0) is 10.0 Å². The van der Waals surface area contributed by atoms with E-state index in [1.54, 1.807) is 7.05 Å². The minimum Gasteiger partial charge on any atom is -0.475 e. The van der Waals surface area contributed by atoms with Crippen molar-refractivity contribution in [2.75, 3.05) is 27.2 Å². The number of hydrogen-bond acceptors (Lipinski definition) is 5. The van der Waals surface area contributed by atoms with Crippen LogP contribution >= 0.6 is 15.9 Å². The zero-order chi connectivity index (χ0) is 13.9. The number of carboxylic acids is 1. The molecule has 0 aliphatic carbocycles. The maximum atomic E-state index is 12.1. The highest BCUT2D eigenvalue weighted by Crippen LogP contribution is 2.28. The molecular weight excluding hydrogens is 328 g/mol. The number of furan rings is 1. The molecule has 0 saturated heterocycles. The zero-order valence-corrected chi connectivity index (χ0v) is 12.2. The molecule has 0 amide bonds. The van der Waals surface area contributed by atoms with Gasteiger partial charge in [0.25, 0.3) is 0 Å². The number of halogens is 1. The van der Waals surface area contributed by atoms with Gasteiger partial charge in [0.1, 0.15) is 4.90 Å². The molecule has 18 heavy (non-hydrogen) atoms. The maximum Gasteiger partial charge on any atom is 0.371 e. The third kappa shape index (κ3) is 3.10. The molecule has 1 heterocycles. The molecule has 1 aromatic heterocycles. The lowest BCUT2D eigenvalue weighted by atomic mass is 10.5. The molecule has 0 saturated carbocycles. The highest BCUT2D eigenvalue weighted by Gasteiger charge is 2.28. The molecule has 102 valence electrons. The summed E-state index contributed by atoms with van der Waals surface area (Å²) in [5, 5.41) is 11.6. The van der Waals surface area contributed by atoms with Gasteiger partial charge in [-0.15, -0.1) is 0 Å². The Kier molecular flexibility index (Phi) is 4.91. The first kappa shape index (κ1) is 15.2. The van der Waals surface area contributed by atoms with Gasteiger partial charge < -0.3 is 14.8 Å². The van der Waals surface area contributed by atoms with Crippen molar-refractivity contribution < 1.29 is 22.7 Å². The van der Waals surface area contributed by atoms with Crippen molar-refractivity contribution in [1.29, 1.82) is 0 Å². The Balaban J connectivity index is 3.08. The molecule has 0 aromatic carbocycles. The monoisotopic (exact) mass is 340 g/mol. The van der Waals surface area contributed by atoms with E-state index in [1.807, 2.05) is 0 Å². The van der Waals surface area contributed by atoms with Crippen molar-refractivity contribution in [3.63, 3.8) is 0 Å². The van der Waals surface area contributed by atoms with E-state index in [1.165, 1.54) is 7.05 Å². The highest BCUT2D eigenvalue weighted by atomic mass is 79.9. The van der Waals surface area contributed by atoms with E-state index >= 15 is 0 Å². The van der Waals surface area contributed by atoms with Crippen LogP contribution in [0, 0.1) is 0 Å². The fourth-order valence-electron chi connectivity index (χ4n) is 1.19. The fourth-order valence-corrected chi connectivity index (χ4v) is 3.26. The minimum absolute atomic E-state index is 0.115. The summed E-state index contributed by atoms with van der Waals surface area (Å²) in [4.78, 5) is 10.5. The van der Waals surface area contributed by atoms with Gasteiger partial charge in [-0.1, -0.05) is 0 Å². The molecule has 2 N–H and O–H groups in total. The standard InChI is InChI=1S/C9H13BrN2O5S/c1-11-3-4-12(2)18(15,16)7-5-6(9(13)14)17-8(7)10/h5,11H,3-4H2,1-2H3,(H,13,14). The molecule has 7 nitrogen and oxygen atoms in total. The summed E-state index contributed by atoms with van der Waals surface area (Å²) in [5.41, 5.74) is 0. The van der Waals surface area contributed by atoms with Gasteiger partial charge in [-0.3, -0.25) is 0 Å². The van der Waals surface area contributed by atoms with Crippen LogP contribution in [0.25, 0.3) is 0 Å².